The van der Waals surface area contributed by atoms with Crippen molar-refractivity contribution in [3.05, 3.63) is 46.2 Å². The molecule has 1 fully saturated rings. The number of hydrogen-bond acceptors (Lipinski definition) is 5. The molecule has 0 spiro atoms. The van der Waals surface area contributed by atoms with Crippen LogP contribution in [0, 0.1) is 6.92 Å². The highest BCUT2D eigenvalue weighted by Gasteiger charge is 2.49. The predicted octanol–water partition coefficient (Wildman–Crippen LogP) is 3.11. The van der Waals surface area contributed by atoms with Gasteiger partial charge in [0.05, 0.1) is 13.7 Å². The number of rotatable bonds is 4. The molecular weight excluding hydrogens is 420 g/mol. The number of carbonyl (C=O) groups is 3. The number of methoxy groups -OCH3 is 1. The van der Waals surface area contributed by atoms with Gasteiger partial charge in [-0.05, 0) is 44.4 Å². The summed E-state index contributed by atoms with van der Waals surface area (Å²) in [6, 6.07) is 6.75. The van der Waals surface area contributed by atoms with Crippen molar-refractivity contribution < 1.29 is 19.1 Å². The van der Waals surface area contributed by atoms with Crippen molar-refractivity contribution >= 4 is 35.1 Å². The van der Waals surface area contributed by atoms with E-state index in [2.05, 4.69) is 10.4 Å². The minimum absolute atomic E-state index is 0.0215. The molecule has 1 aromatic carbocycles. The van der Waals surface area contributed by atoms with Crippen LogP contribution in [0.15, 0.2) is 24.3 Å². The first kappa shape index (κ1) is 21.4. The average Bonchev–Trinajstić information content (AvgIpc) is 3.40. The van der Waals surface area contributed by atoms with E-state index < -0.39 is 17.4 Å². The van der Waals surface area contributed by atoms with Crippen LogP contribution in [-0.4, -0.2) is 46.3 Å². The fourth-order valence-corrected chi connectivity index (χ4v) is 4.50. The Hall–Kier alpha value is -2.87. The summed E-state index contributed by atoms with van der Waals surface area (Å²) in [4.78, 5) is 40.5. The maximum absolute atomic E-state index is 13.6. The molecule has 4 rings (SSSR count). The van der Waals surface area contributed by atoms with E-state index in [0.29, 0.717) is 10.7 Å². The maximum Gasteiger partial charge on any atom is 0.358 e. The van der Waals surface area contributed by atoms with E-state index >= 15 is 0 Å². The van der Waals surface area contributed by atoms with Crippen LogP contribution < -0.4 is 10.2 Å². The lowest BCUT2D eigenvalue weighted by Crippen LogP contribution is -2.65. The van der Waals surface area contributed by atoms with Crippen LogP contribution in [0.25, 0.3) is 0 Å². The number of benzene rings is 1. The Bertz CT molecular complexity index is 1060. The summed E-state index contributed by atoms with van der Waals surface area (Å²) in [5, 5.41) is 7.84. The van der Waals surface area contributed by atoms with E-state index in [4.69, 9.17) is 16.3 Å². The minimum atomic E-state index is -1.26. The summed E-state index contributed by atoms with van der Waals surface area (Å²) in [6.07, 6.45) is 3.99. The number of nitrogens with zero attached hydrogens (tertiary/aromatic N) is 3. The summed E-state index contributed by atoms with van der Waals surface area (Å²) in [7, 11) is 1.25. The molecule has 0 saturated heterocycles. The number of esters is 1. The number of halogens is 1. The molecule has 8 nitrogen and oxygen atoms in total. The lowest BCUT2D eigenvalue weighted by atomic mass is 9.93. The third-order valence-corrected chi connectivity index (χ3v) is 6.55. The first-order valence-electron chi connectivity index (χ1n) is 10.3. The van der Waals surface area contributed by atoms with Crippen molar-refractivity contribution in [2.24, 2.45) is 0 Å². The van der Waals surface area contributed by atoms with Crippen LogP contribution in [0.5, 0.6) is 0 Å². The Kier molecular flexibility index (Phi) is 5.51. The number of aryl methyl sites for hydroxylation is 1. The Morgan fingerprint density at radius 2 is 1.97 bits per heavy atom. The Morgan fingerprint density at radius 1 is 1.26 bits per heavy atom. The maximum atomic E-state index is 13.6. The van der Waals surface area contributed by atoms with Gasteiger partial charge in [0.25, 0.3) is 5.91 Å². The first-order chi connectivity index (χ1) is 14.7. The van der Waals surface area contributed by atoms with Crippen molar-refractivity contribution in [1.82, 2.24) is 15.1 Å². The number of amides is 2. The minimum Gasteiger partial charge on any atom is -0.464 e. The molecule has 0 bridgehead atoms. The highest BCUT2D eigenvalue weighted by molar-refractivity contribution is 6.31. The van der Waals surface area contributed by atoms with Crippen molar-refractivity contribution in [2.45, 2.75) is 57.7 Å². The van der Waals surface area contributed by atoms with Gasteiger partial charge in [-0.15, -0.1) is 0 Å². The third kappa shape index (κ3) is 3.69. The Balaban J connectivity index is 1.79. The van der Waals surface area contributed by atoms with Gasteiger partial charge in [0, 0.05) is 22.8 Å². The molecule has 2 heterocycles. The van der Waals surface area contributed by atoms with Gasteiger partial charge in [-0.3, -0.25) is 19.2 Å². The fourth-order valence-electron chi connectivity index (χ4n) is 4.32. The number of anilines is 1. The van der Waals surface area contributed by atoms with Gasteiger partial charge >= 0.3 is 5.97 Å². The van der Waals surface area contributed by atoms with Crippen LogP contribution in [0.1, 0.15) is 59.1 Å². The predicted molar refractivity (Wildman–Crippen MR) is 115 cm³/mol. The summed E-state index contributed by atoms with van der Waals surface area (Å²) in [5.41, 5.74) is 0.350. The van der Waals surface area contributed by atoms with Gasteiger partial charge < -0.3 is 10.1 Å². The zero-order valence-electron chi connectivity index (χ0n) is 17.8. The normalized spacial score (nSPS) is 21.2. The summed E-state index contributed by atoms with van der Waals surface area (Å²) >= 11 is 6.34. The molecule has 1 aliphatic heterocycles. The van der Waals surface area contributed by atoms with Crippen molar-refractivity contribution in [2.75, 3.05) is 12.0 Å². The zero-order chi connectivity index (χ0) is 22.3. The van der Waals surface area contributed by atoms with Crippen LogP contribution in [-0.2, 0) is 16.1 Å². The number of hydrogen-bond donors (Lipinski definition) is 1. The van der Waals surface area contributed by atoms with E-state index in [1.165, 1.54) is 22.8 Å². The SMILES string of the molecule is COC(=O)c1cc2n(n1)CC(C)(C(=O)NC1CCCC1)N(c1ccc(C)c(Cl)c1)C2=O. The quantitative estimate of drug-likeness (QED) is 0.731. The van der Waals surface area contributed by atoms with E-state index in [1.54, 1.807) is 19.1 Å². The summed E-state index contributed by atoms with van der Waals surface area (Å²) in [6.45, 7) is 3.67. The van der Waals surface area contributed by atoms with Gasteiger partial charge in [0.1, 0.15) is 11.2 Å². The van der Waals surface area contributed by atoms with Gasteiger partial charge in [-0.2, -0.15) is 5.10 Å². The number of nitrogens with one attached hydrogen (secondary N) is 1. The molecule has 1 aromatic heterocycles. The molecule has 1 aliphatic carbocycles. The molecule has 0 radical (unpaired) electrons. The molecule has 2 aromatic rings. The van der Waals surface area contributed by atoms with Gasteiger partial charge in [-0.25, -0.2) is 4.79 Å². The number of aromatic nitrogens is 2. The molecular formula is C22H25ClN4O4. The van der Waals surface area contributed by atoms with Gasteiger partial charge in [0.2, 0.25) is 5.91 Å². The standard InChI is InChI=1S/C22H25ClN4O4/c1-13-8-9-15(10-16(13)23)27-19(28)18-11-17(20(29)31-3)25-26(18)12-22(27,2)21(30)24-14-6-4-5-7-14/h8-11,14H,4-7,12H2,1-3H3,(H,24,30). The van der Waals surface area contributed by atoms with Crippen LogP contribution >= 0.6 is 11.6 Å². The molecule has 1 atom stereocenters. The highest BCUT2D eigenvalue weighted by atomic mass is 35.5. The topological polar surface area (TPSA) is 93.5 Å². The van der Waals surface area contributed by atoms with Crippen molar-refractivity contribution in [3.63, 3.8) is 0 Å². The third-order valence-electron chi connectivity index (χ3n) is 6.14. The lowest BCUT2D eigenvalue weighted by molar-refractivity contribution is -0.127. The number of ether oxygens (including phenoxy) is 1. The Labute approximate surface area is 185 Å². The van der Waals surface area contributed by atoms with E-state index in [9.17, 15) is 14.4 Å². The van der Waals surface area contributed by atoms with Crippen LogP contribution in [0.3, 0.4) is 0 Å². The summed E-state index contributed by atoms with van der Waals surface area (Å²) < 4.78 is 6.15. The molecule has 1 N–H and O–H groups in total. The van der Waals surface area contributed by atoms with E-state index in [0.717, 1.165) is 31.2 Å². The second-order valence-electron chi connectivity index (χ2n) is 8.37. The Morgan fingerprint density at radius 3 is 2.61 bits per heavy atom. The molecule has 31 heavy (non-hydrogen) atoms. The van der Waals surface area contributed by atoms with Crippen LogP contribution in [0.4, 0.5) is 5.69 Å². The van der Waals surface area contributed by atoms with Gasteiger partial charge in [-0.1, -0.05) is 30.5 Å². The van der Waals surface area contributed by atoms with E-state index in [-0.39, 0.29) is 29.9 Å². The van der Waals surface area contributed by atoms with Crippen molar-refractivity contribution in [1.29, 1.82) is 0 Å². The number of fused-ring (bicyclic) bond motifs is 1. The van der Waals surface area contributed by atoms with Crippen molar-refractivity contribution in [3.8, 4) is 0 Å². The second kappa shape index (κ2) is 8.00. The molecule has 164 valence electrons. The zero-order valence-corrected chi connectivity index (χ0v) is 18.5. The smallest absolute Gasteiger partial charge is 0.358 e. The molecule has 1 unspecified atom stereocenters. The fraction of sp³-hybridized carbons (Fsp3) is 0.455. The van der Waals surface area contributed by atoms with Gasteiger partial charge in [0.15, 0.2) is 5.69 Å². The lowest BCUT2D eigenvalue weighted by Gasteiger charge is -2.43. The second-order valence-corrected chi connectivity index (χ2v) is 8.77. The first-order valence-corrected chi connectivity index (χ1v) is 10.7. The largest absolute Gasteiger partial charge is 0.464 e. The van der Waals surface area contributed by atoms with E-state index in [1.807, 2.05) is 13.0 Å². The number of carbonyl (C=O) groups excluding carboxylic acids is 3. The average molecular weight is 445 g/mol. The monoisotopic (exact) mass is 444 g/mol. The summed E-state index contributed by atoms with van der Waals surface area (Å²) in [5.74, 6) is -1.33. The van der Waals surface area contributed by atoms with Crippen LogP contribution in [0.2, 0.25) is 5.02 Å². The molecule has 9 heteroatoms. The molecule has 2 amide bonds. The highest BCUT2D eigenvalue weighted by Crippen LogP contribution is 2.35. The molecule has 2 aliphatic rings. The molecule has 1 saturated carbocycles.